The first-order chi connectivity index (χ1) is 14.4. The van der Waals surface area contributed by atoms with Gasteiger partial charge in [-0.2, -0.15) is 0 Å². The number of para-hydroxylation sites is 1. The Bertz CT molecular complexity index is 991. The molecule has 0 radical (unpaired) electrons. The van der Waals surface area contributed by atoms with Crippen LogP contribution in [0.5, 0.6) is 11.5 Å². The van der Waals surface area contributed by atoms with Gasteiger partial charge in [0, 0.05) is 12.0 Å². The highest BCUT2D eigenvalue weighted by Crippen LogP contribution is 2.32. The van der Waals surface area contributed by atoms with E-state index in [9.17, 15) is 14.4 Å². The number of methoxy groups -OCH3 is 1. The predicted molar refractivity (Wildman–Crippen MR) is 108 cm³/mol. The second-order valence-electron chi connectivity index (χ2n) is 7.47. The smallest absolute Gasteiger partial charge is 0.325 e. The normalized spacial score (nSPS) is 22.7. The van der Waals surface area contributed by atoms with E-state index in [1.54, 1.807) is 38.3 Å². The number of nitrogens with zero attached hydrogens (tertiary/aromatic N) is 1. The molecule has 1 fully saturated rings. The SMILES string of the molecule is COc1ccc([C@@]2(C)NC(=O)N(CC(=O)N[C@H]3CCOc4ccccc43)C2=O)cc1. The van der Waals surface area contributed by atoms with Gasteiger partial charge in [-0.3, -0.25) is 14.5 Å². The Labute approximate surface area is 174 Å². The topological polar surface area (TPSA) is 97.0 Å². The number of fused-ring (bicyclic) bond motifs is 1. The lowest BCUT2D eigenvalue weighted by atomic mass is 9.92. The van der Waals surface area contributed by atoms with Gasteiger partial charge in [-0.25, -0.2) is 4.79 Å². The zero-order valence-electron chi connectivity index (χ0n) is 16.8. The largest absolute Gasteiger partial charge is 0.497 e. The maximum Gasteiger partial charge on any atom is 0.325 e. The summed E-state index contributed by atoms with van der Waals surface area (Å²) in [5, 5.41) is 5.62. The molecule has 2 N–H and O–H groups in total. The highest BCUT2D eigenvalue weighted by atomic mass is 16.5. The van der Waals surface area contributed by atoms with Crippen molar-refractivity contribution in [2.24, 2.45) is 0 Å². The van der Waals surface area contributed by atoms with Crippen LogP contribution in [-0.4, -0.2) is 43.0 Å². The summed E-state index contributed by atoms with van der Waals surface area (Å²) in [5.74, 6) is 0.502. The monoisotopic (exact) mass is 409 g/mol. The highest BCUT2D eigenvalue weighted by molar-refractivity contribution is 6.09. The second-order valence-corrected chi connectivity index (χ2v) is 7.47. The molecule has 4 rings (SSSR count). The van der Waals surface area contributed by atoms with Crippen LogP contribution in [0.25, 0.3) is 0 Å². The number of urea groups is 1. The molecule has 8 nitrogen and oxygen atoms in total. The zero-order chi connectivity index (χ0) is 21.3. The van der Waals surface area contributed by atoms with E-state index in [1.165, 1.54) is 0 Å². The van der Waals surface area contributed by atoms with Crippen molar-refractivity contribution in [2.45, 2.75) is 24.9 Å². The molecule has 1 saturated heterocycles. The zero-order valence-corrected chi connectivity index (χ0v) is 16.8. The first kappa shape index (κ1) is 19.8. The van der Waals surface area contributed by atoms with Crippen molar-refractivity contribution < 1.29 is 23.9 Å². The minimum atomic E-state index is -1.24. The van der Waals surface area contributed by atoms with Gasteiger partial charge < -0.3 is 20.1 Å². The quantitative estimate of drug-likeness (QED) is 0.738. The standard InChI is InChI=1S/C22H23N3O5/c1-22(14-7-9-15(29-2)10-8-14)20(27)25(21(28)24-22)13-19(26)23-17-11-12-30-18-6-4-3-5-16(17)18/h3-10,17H,11-13H2,1-2H3,(H,23,26)(H,24,28)/t17-,22+/m0/s1. The number of imide groups is 1. The Morgan fingerprint density at radius 3 is 2.70 bits per heavy atom. The van der Waals surface area contributed by atoms with Crippen LogP contribution in [0.15, 0.2) is 48.5 Å². The molecule has 2 aromatic carbocycles. The molecule has 2 aliphatic rings. The minimum Gasteiger partial charge on any atom is -0.497 e. The molecule has 0 unspecified atom stereocenters. The Kier molecular flexibility index (Phi) is 5.07. The third-order valence-electron chi connectivity index (χ3n) is 5.54. The van der Waals surface area contributed by atoms with Crippen molar-refractivity contribution in [3.05, 3.63) is 59.7 Å². The fourth-order valence-corrected chi connectivity index (χ4v) is 3.84. The average molecular weight is 409 g/mol. The molecular weight excluding hydrogens is 386 g/mol. The number of hydrogen-bond donors (Lipinski definition) is 2. The van der Waals surface area contributed by atoms with Crippen molar-refractivity contribution in [1.82, 2.24) is 15.5 Å². The van der Waals surface area contributed by atoms with Crippen molar-refractivity contribution in [3.63, 3.8) is 0 Å². The van der Waals surface area contributed by atoms with Crippen LogP contribution in [0.2, 0.25) is 0 Å². The number of rotatable bonds is 5. The molecule has 2 heterocycles. The van der Waals surface area contributed by atoms with Gasteiger partial charge in [0.05, 0.1) is 19.8 Å². The fraction of sp³-hybridized carbons (Fsp3) is 0.318. The molecule has 2 atom stereocenters. The maximum absolute atomic E-state index is 13.0. The van der Waals surface area contributed by atoms with Crippen molar-refractivity contribution in [2.75, 3.05) is 20.3 Å². The third kappa shape index (κ3) is 3.45. The number of carbonyl (C=O) groups excluding carboxylic acids is 3. The lowest BCUT2D eigenvalue weighted by Gasteiger charge is -2.27. The first-order valence-corrected chi connectivity index (χ1v) is 9.72. The lowest BCUT2D eigenvalue weighted by Crippen LogP contribution is -2.44. The van der Waals surface area contributed by atoms with E-state index in [-0.39, 0.29) is 12.6 Å². The van der Waals surface area contributed by atoms with E-state index >= 15 is 0 Å². The highest BCUT2D eigenvalue weighted by Gasteiger charge is 2.49. The molecule has 0 spiro atoms. The van der Waals surface area contributed by atoms with Gasteiger partial charge in [-0.15, -0.1) is 0 Å². The van der Waals surface area contributed by atoms with Crippen LogP contribution >= 0.6 is 0 Å². The summed E-state index contributed by atoms with van der Waals surface area (Å²) >= 11 is 0. The van der Waals surface area contributed by atoms with Gasteiger partial charge in [-0.05, 0) is 30.7 Å². The Balaban J connectivity index is 1.46. The van der Waals surface area contributed by atoms with Crippen LogP contribution in [0.1, 0.15) is 30.5 Å². The Morgan fingerprint density at radius 1 is 1.23 bits per heavy atom. The van der Waals surface area contributed by atoms with Crippen LogP contribution in [0.3, 0.4) is 0 Å². The molecule has 0 saturated carbocycles. The van der Waals surface area contributed by atoms with Gasteiger partial charge >= 0.3 is 6.03 Å². The van der Waals surface area contributed by atoms with Crippen molar-refractivity contribution in [3.8, 4) is 11.5 Å². The predicted octanol–water partition coefficient (Wildman–Crippen LogP) is 2.10. The summed E-state index contributed by atoms with van der Waals surface area (Å²) in [6.45, 7) is 1.76. The average Bonchev–Trinajstić information content (AvgIpc) is 2.98. The number of ether oxygens (including phenoxy) is 2. The van der Waals surface area contributed by atoms with Gasteiger partial charge in [0.15, 0.2) is 0 Å². The van der Waals surface area contributed by atoms with E-state index in [1.807, 2.05) is 24.3 Å². The van der Waals surface area contributed by atoms with Crippen LogP contribution in [0.4, 0.5) is 4.79 Å². The molecule has 30 heavy (non-hydrogen) atoms. The molecule has 156 valence electrons. The van der Waals surface area contributed by atoms with Crippen LogP contribution < -0.4 is 20.1 Å². The molecule has 2 aromatic rings. The fourth-order valence-electron chi connectivity index (χ4n) is 3.84. The molecule has 2 aliphatic heterocycles. The van der Waals surface area contributed by atoms with Gasteiger partial charge in [-0.1, -0.05) is 30.3 Å². The maximum atomic E-state index is 13.0. The summed E-state index contributed by atoms with van der Waals surface area (Å²) in [6, 6.07) is 13.6. The minimum absolute atomic E-state index is 0.226. The third-order valence-corrected chi connectivity index (χ3v) is 5.54. The molecule has 8 heteroatoms. The summed E-state index contributed by atoms with van der Waals surface area (Å²) in [5.41, 5.74) is 0.259. The van der Waals surface area contributed by atoms with E-state index < -0.39 is 23.4 Å². The van der Waals surface area contributed by atoms with E-state index in [0.29, 0.717) is 24.3 Å². The molecule has 0 aliphatic carbocycles. The first-order valence-electron chi connectivity index (χ1n) is 9.72. The van der Waals surface area contributed by atoms with Crippen molar-refractivity contribution in [1.29, 1.82) is 0 Å². The molecule has 4 amide bonds. The summed E-state index contributed by atoms with van der Waals surface area (Å²) in [7, 11) is 1.55. The lowest BCUT2D eigenvalue weighted by molar-refractivity contribution is -0.135. The summed E-state index contributed by atoms with van der Waals surface area (Å²) in [4.78, 5) is 39.1. The number of benzene rings is 2. The van der Waals surface area contributed by atoms with Gasteiger partial charge in [0.25, 0.3) is 5.91 Å². The van der Waals surface area contributed by atoms with E-state index in [2.05, 4.69) is 10.6 Å². The second kappa shape index (κ2) is 7.70. The number of carbonyl (C=O) groups is 3. The molecule has 0 aromatic heterocycles. The number of hydrogen-bond acceptors (Lipinski definition) is 5. The summed E-state index contributed by atoms with van der Waals surface area (Å²) < 4.78 is 10.7. The number of amides is 4. The molecule has 0 bridgehead atoms. The Hall–Kier alpha value is -3.55. The Morgan fingerprint density at radius 2 is 1.97 bits per heavy atom. The molecular formula is C22H23N3O5. The number of nitrogens with one attached hydrogen (secondary N) is 2. The van der Waals surface area contributed by atoms with Gasteiger partial charge in [0.1, 0.15) is 23.6 Å². The van der Waals surface area contributed by atoms with Gasteiger partial charge in [0.2, 0.25) is 5.91 Å². The summed E-state index contributed by atoms with van der Waals surface area (Å²) in [6.07, 6.45) is 0.618. The van der Waals surface area contributed by atoms with Crippen LogP contribution in [0, 0.1) is 0 Å². The van der Waals surface area contributed by atoms with E-state index in [0.717, 1.165) is 16.2 Å². The van der Waals surface area contributed by atoms with Crippen molar-refractivity contribution >= 4 is 17.8 Å². The van der Waals surface area contributed by atoms with E-state index in [4.69, 9.17) is 9.47 Å². The van der Waals surface area contributed by atoms with Crippen LogP contribution in [-0.2, 0) is 15.1 Å².